The Morgan fingerprint density at radius 1 is 0.529 bits per heavy atom. The molecule has 3 nitrogen and oxygen atoms in total. The van der Waals surface area contributed by atoms with Crippen molar-refractivity contribution in [3.05, 3.63) is 148 Å². The van der Waals surface area contributed by atoms with Gasteiger partial charge in [0, 0.05) is 0 Å². The maximum Gasteiger partial charge on any atom is 0.166 e. The molecule has 0 saturated carbocycles. The summed E-state index contributed by atoms with van der Waals surface area (Å²) >= 11 is 0. The molecule has 0 spiro atoms. The van der Waals surface area contributed by atoms with E-state index in [-0.39, 0.29) is 11.5 Å². The number of benzene rings is 4. The summed E-state index contributed by atoms with van der Waals surface area (Å²) in [6, 6.07) is 32.8. The second kappa shape index (κ2) is 9.94. The molecular formula is C31H25NO2. The number of phenolic OH excluding ortho intramolecular Hbond substituents is 2. The fourth-order valence-electron chi connectivity index (χ4n) is 3.95. The van der Waals surface area contributed by atoms with Crippen molar-refractivity contribution in [2.45, 2.75) is 13.8 Å². The zero-order valence-corrected chi connectivity index (χ0v) is 19.2. The smallest absolute Gasteiger partial charge is 0.166 e. The lowest BCUT2D eigenvalue weighted by molar-refractivity contribution is 0.475. The molecule has 0 aliphatic carbocycles. The van der Waals surface area contributed by atoms with Crippen molar-refractivity contribution in [2.24, 2.45) is 0 Å². The summed E-state index contributed by atoms with van der Waals surface area (Å²) < 4.78 is 0. The number of nitrogens with zero attached hydrogens (tertiary/aromatic N) is 1. The van der Waals surface area contributed by atoms with Gasteiger partial charge in [0.05, 0.1) is 6.57 Å². The first-order valence-electron chi connectivity index (χ1n) is 11.0. The molecule has 4 aromatic carbocycles. The number of rotatable bonds is 5. The topological polar surface area (TPSA) is 44.8 Å². The zero-order chi connectivity index (χ0) is 24.1. The van der Waals surface area contributed by atoms with Gasteiger partial charge in [-0.15, -0.1) is 0 Å². The van der Waals surface area contributed by atoms with E-state index >= 15 is 0 Å². The van der Waals surface area contributed by atoms with Crippen LogP contribution < -0.4 is 0 Å². The molecule has 34 heavy (non-hydrogen) atoms. The SMILES string of the molecule is [C-]#[N+]/C(C)=C(/C)c1ccc(C(=C(c2ccc(O)cc2)c2ccc(O)cc2)c2ccccc2)cc1. The molecule has 0 saturated heterocycles. The third kappa shape index (κ3) is 4.77. The van der Waals surface area contributed by atoms with Crippen molar-refractivity contribution >= 4 is 16.7 Å². The van der Waals surface area contributed by atoms with Gasteiger partial charge in [0.1, 0.15) is 11.5 Å². The van der Waals surface area contributed by atoms with Crippen LogP contribution in [0.25, 0.3) is 21.6 Å². The lowest BCUT2D eigenvalue weighted by Gasteiger charge is -2.18. The van der Waals surface area contributed by atoms with Crippen molar-refractivity contribution in [1.82, 2.24) is 0 Å². The Balaban J connectivity index is 2.02. The van der Waals surface area contributed by atoms with Crippen LogP contribution in [0.1, 0.15) is 41.7 Å². The molecule has 0 unspecified atom stereocenters. The third-order valence-corrected chi connectivity index (χ3v) is 5.94. The van der Waals surface area contributed by atoms with Gasteiger partial charge in [-0.25, -0.2) is 4.85 Å². The van der Waals surface area contributed by atoms with Crippen LogP contribution in [0, 0.1) is 6.57 Å². The van der Waals surface area contributed by atoms with Gasteiger partial charge >= 0.3 is 0 Å². The summed E-state index contributed by atoms with van der Waals surface area (Å²) in [5.41, 5.74) is 8.66. The first kappa shape index (κ1) is 22.6. The molecule has 0 bridgehead atoms. The van der Waals surface area contributed by atoms with E-state index in [1.54, 1.807) is 24.3 Å². The van der Waals surface area contributed by atoms with Gasteiger partial charge in [-0.3, -0.25) is 0 Å². The highest BCUT2D eigenvalue weighted by atomic mass is 16.3. The van der Waals surface area contributed by atoms with E-state index < -0.39 is 0 Å². The largest absolute Gasteiger partial charge is 0.508 e. The minimum absolute atomic E-state index is 0.205. The van der Waals surface area contributed by atoms with E-state index in [4.69, 9.17) is 6.57 Å². The van der Waals surface area contributed by atoms with Gasteiger partial charge in [-0.1, -0.05) is 78.9 Å². The van der Waals surface area contributed by atoms with Crippen molar-refractivity contribution in [3.63, 3.8) is 0 Å². The van der Waals surface area contributed by atoms with E-state index in [1.807, 2.05) is 68.4 Å². The second-order valence-electron chi connectivity index (χ2n) is 8.11. The average molecular weight is 444 g/mol. The van der Waals surface area contributed by atoms with Crippen molar-refractivity contribution < 1.29 is 10.2 Å². The third-order valence-electron chi connectivity index (χ3n) is 5.94. The first-order valence-corrected chi connectivity index (χ1v) is 11.0. The quantitative estimate of drug-likeness (QED) is 0.244. The maximum atomic E-state index is 9.89. The first-order chi connectivity index (χ1) is 16.5. The number of allylic oxidation sites excluding steroid dienone is 2. The van der Waals surface area contributed by atoms with Crippen LogP contribution in [-0.4, -0.2) is 10.2 Å². The van der Waals surface area contributed by atoms with Crippen molar-refractivity contribution in [1.29, 1.82) is 0 Å². The molecule has 0 amide bonds. The number of hydrogen-bond donors (Lipinski definition) is 2. The van der Waals surface area contributed by atoms with Crippen molar-refractivity contribution in [3.8, 4) is 11.5 Å². The molecule has 166 valence electrons. The Bertz CT molecular complexity index is 1340. The Hall–Kier alpha value is -4.55. The monoisotopic (exact) mass is 443 g/mol. The van der Waals surface area contributed by atoms with Crippen LogP contribution in [0.4, 0.5) is 0 Å². The molecule has 0 radical (unpaired) electrons. The number of phenols is 2. The van der Waals surface area contributed by atoms with Gasteiger partial charge in [0.15, 0.2) is 5.70 Å². The summed E-state index contributed by atoms with van der Waals surface area (Å²) in [7, 11) is 0. The summed E-state index contributed by atoms with van der Waals surface area (Å²) in [6.45, 7) is 11.1. The molecule has 0 aromatic heterocycles. The summed E-state index contributed by atoms with van der Waals surface area (Å²) in [5, 5.41) is 19.8. The Kier molecular flexibility index (Phi) is 6.62. The molecular weight excluding hydrogens is 418 g/mol. The van der Waals surface area contributed by atoms with Gasteiger partial charge < -0.3 is 10.2 Å². The molecule has 4 aromatic rings. The molecule has 0 fully saturated rings. The van der Waals surface area contributed by atoms with E-state index in [1.165, 1.54) is 0 Å². The highest BCUT2D eigenvalue weighted by Crippen LogP contribution is 2.38. The number of aromatic hydroxyl groups is 2. The maximum absolute atomic E-state index is 9.89. The minimum atomic E-state index is 0.205. The second-order valence-corrected chi connectivity index (χ2v) is 8.11. The predicted octanol–water partition coefficient (Wildman–Crippen LogP) is 7.78. The van der Waals surface area contributed by atoms with Crippen LogP contribution >= 0.6 is 0 Å². The highest BCUT2D eigenvalue weighted by Gasteiger charge is 2.16. The molecule has 4 rings (SSSR count). The van der Waals surface area contributed by atoms with Gasteiger partial charge in [0.2, 0.25) is 0 Å². The van der Waals surface area contributed by atoms with Crippen LogP contribution in [-0.2, 0) is 0 Å². The van der Waals surface area contributed by atoms with Crippen LogP contribution in [0.2, 0.25) is 0 Å². The Labute approximate surface area is 200 Å². The van der Waals surface area contributed by atoms with Crippen LogP contribution in [0.3, 0.4) is 0 Å². The average Bonchev–Trinajstić information content (AvgIpc) is 2.88. The van der Waals surface area contributed by atoms with Crippen LogP contribution in [0.15, 0.2) is 109 Å². The lowest BCUT2D eigenvalue weighted by atomic mass is 9.85. The Morgan fingerprint density at radius 3 is 1.29 bits per heavy atom. The van der Waals surface area contributed by atoms with E-state index in [2.05, 4.69) is 29.1 Å². The minimum Gasteiger partial charge on any atom is -0.508 e. The predicted molar refractivity (Wildman–Crippen MR) is 139 cm³/mol. The zero-order valence-electron chi connectivity index (χ0n) is 19.2. The molecule has 0 aliphatic rings. The summed E-state index contributed by atoms with van der Waals surface area (Å²) in [4.78, 5) is 3.57. The summed E-state index contributed by atoms with van der Waals surface area (Å²) in [5.74, 6) is 0.411. The van der Waals surface area contributed by atoms with Gasteiger partial charge in [0.25, 0.3) is 0 Å². The summed E-state index contributed by atoms with van der Waals surface area (Å²) in [6.07, 6.45) is 0. The van der Waals surface area contributed by atoms with Gasteiger partial charge in [-0.05, 0) is 82.6 Å². The normalized spacial score (nSPS) is 11.3. The van der Waals surface area contributed by atoms with Crippen LogP contribution in [0.5, 0.6) is 11.5 Å². The highest BCUT2D eigenvalue weighted by molar-refractivity contribution is 6.04. The van der Waals surface area contributed by atoms with Gasteiger partial charge in [-0.2, -0.15) is 0 Å². The van der Waals surface area contributed by atoms with E-state index in [0.29, 0.717) is 5.70 Å². The fraction of sp³-hybridized carbons (Fsp3) is 0.0645. The Morgan fingerprint density at radius 2 is 0.882 bits per heavy atom. The molecule has 0 aliphatic heterocycles. The molecule has 0 atom stereocenters. The fourth-order valence-corrected chi connectivity index (χ4v) is 3.95. The molecule has 2 N–H and O–H groups in total. The van der Waals surface area contributed by atoms with Crippen molar-refractivity contribution in [2.75, 3.05) is 0 Å². The van der Waals surface area contributed by atoms with E-state index in [0.717, 1.165) is 44.5 Å². The number of hydrogen-bond acceptors (Lipinski definition) is 2. The standard InChI is InChI=1S/C31H25NO2/c1-21(22(2)32-3)23-9-11-25(12-10-23)30(24-7-5-4-6-8-24)31(26-13-17-28(33)18-14-26)27-15-19-29(34)20-16-27/h4-20,33-34H,1-2H3/b22-21-. The molecule has 0 heterocycles. The lowest BCUT2D eigenvalue weighted by Crippen LogP contribution is -1.98. The van der Waals surface area contributed by atoms with E-state index in [9.17, 15) is 10.2 Å². The molecule has 3 heteroatoms.